The standard InChI is InChI=1S/C23H18FN/c1-3-20-21(16-11-13-19(24)14-12-16)15(2)22(17-7-5-4-6-8-17)25-23(20)18-9-10-18/h1,4-8,11-14,18H,9-10H2,2H3. The molecule has 3 aromatic rings. The Morgan fingerprint density at radius 3 is 2.28 bits per heavy atom. The van der Waals surface area contributed by atoms with Gasteiger partial charge in [0.1, 0.15) is 5.82 Å². The van der Waals surface area contributed by atoms with Gasteiger partial charge in [-0.15, -0.1) is 6.42 Å². The summed E-state index contributed by atoms with van der Waals surface area (Å²) in [6.45, 7) is 2.05. The van der Waals surface area contributed by atoms with Crippen LogP contribution in [0.25, 0.3) is 22.4 Å². The zero-order chi connectivity index (χ0) is 17.4. The van der Waals surface area contributed by atoms with Crippen LogP contribution in [0.1, 0.15) is 35.6 Å². The lowest BCUT2D eigenvalue weighted by Crippen LogP contribution is -2.03. The smallest absolute Gasteiger partial charge is 0.123 e. The molecule has 0 bridgehead atoms. The van der Waals surface area contributed by atoms with Crippen LogP contribution in [0.15, 0.2) is 54.6 Å². The van der Waals surface area contributed by atoms with Gasteiger partial charge in [0.15, 0.2) is 0 Å². The van der Waals surface area contributed by atoms with Crippen molar-refractivity contribution in [2.24, 2.45) is 0 Å². The molecule has 1 aromatic heterocycles. The summed E-state index contributed by atoms with van der Waals surface area (Å²) < 4.78 is 13.4. The minimum absolute atomic E-state index is 0.247. The normalized spacial score (nSPS) is 13.5. The van der Waals surface area contributed by atoms with E-state index in [-0.39, 0.29) is 5.82 Å². The van der Waals surface area contributed by atoms with Crippen molar-refractivity contribution in [1.82, 2.24) is 4.98 Å². The number of terminal acetylenes is 1. The van der Waals surface area contributed by atoms with Crippen LogP contribution in [0, 0.1) is 25.1 Å². The second-order valence-corrected chi connectivity index (χ2v) is 6.51. The predicted molar refractivity (Wildman–Crippen MR) is 99.7 cm³/mol. The Hall–Kier alpha value is -2.92. The topological polar surface area (TPSA) is 12.9 Å². The van der Waals surface area contributed by atoms with E-state index in [1.165, 1.54) is 12.1 Å². The number of hydrogen-bond donors (Lipinski definition) is 0. The van der Waals surface area contributed by atoms with Gasteiger partial charge in [-0.05, 0) is 43.0 Å². The molecule has 1 heterocycles. The molecule has 1 nitrogen and oxygen atoms in total. The molecule has 0 radical (unpaired) electrons. The van der Waals surface area contributed by atoms with Gasteiger partial charge in [-0.3, -0.25) is 4.98 Å². The first-order valence-electron chi connectivity index (χ1n) is 8.51. The van der Waals surface area contributed by atoms with Gasteiger partial charge in [-0.2, -0.15) is 0 Å². The van der Waals surface area contributed by atoms with Crippen molar-refractivity contribution in [2.75, 3.05) is 0 Å². The van der Waals surface area contributed by atoms with Crippen LogP contribution in [0.3, 0.4) is 0 Å². The van der Waals surface area contributed by atoms with Gasteiger partial charge in [0, 0.05) is 17.0 Å². The largest absolute Gasteiger partial charge is 0.251 e. The molecule has 1 saturated carbocycles. The lowest BCUT2D eigenvalue weighted by molar-refractivity contribution is 0.628. The lowest BCUT2D eigenvalue weighted by Gasteiger charge is -2.17. The van der Waals surface area contributed by atoms with Gasteiger partial charge in [0.05, 0.1) is 17.0 Å². The zero-order valence-corrected chi connectivity index (χ0v) is 14.1. The average Bonchev–Trinajstić information content (AvgIpc) is 3.48. The van der Waals surface area contributed by atoms with E-state index in [0.717, 1.165) is 52.0 Å². The number of pyridine rings is 1. The summed E-state index contributed by atoms with van der Waals surface area (Å²) in [6, 6.07) is 16.7. The minimum atomic E-state index is -0.247. The summed E-state index contributed by atoms with van der Waals surface area (Å²) in [4.78, 5) is 4.96. The van der Waals surface area contributed by atoms with Crippen molar-refractivity contribution in [3.63, 3.8) is 0 Å². The van der Waals surface area contributed by atoms with Crippen LogP contribution < -0.4 is 0 Å². The highest BCUT2D eigenvalue weighted by Crippen LogP contribution is 2.45. The predicted octanol–water partition coefficient (Wildman–Crippen LogP) is 5.72. The third kappa shape index (κ3) is 2.83. The molecule has 1 aliphatic rings. The van der Waals surface area contributed by atoms with Gasteiger partial charge in [-0.1, -0.05) is 48.4 Å². The maximum Gasteiger partial charge on any atom is 0.123 e. The van der Waals surface area contributed by atoms with Crippen LogP contribution in [-0.4, -0.2) is 4.98 Å². The highest BCUT2D eigenvalue weighted by atomic mass is 19.1. The van der Waals surface area contributed by atoms with Gasteiger partial charge in [0.2, 0.25) is 0 Å². The van der Waals surface area contributed by atoms with Crippen molar-refractivity contribution in [3.05, 3.63) is 77.2 Å². The molecule has 25 heavy (non-hydrogen) atoms. The Bertz CT molecular complexity index is 962. The zero-order valence-electron chi connectivity index (χ0n) is 14.1. The number of hydrogen-bond acceptors (Lipinski definition) is 1. The second kappa shape index (κ2) is 6.18. The van der Waals surface area contributed by atoms with Gasteiger partial charge in [0.25, 0.3) is 0 Å². The number of aromatic nitrogens is 1. The van der Waals surface area contributed by atoms with E-state index in [9.17, 15) is 4.39 Å². The van der Waals surface area contributed by atoms with Crippen LogP contribution in [0.2, 0.25) is 0 Å². The van der Waals surface area contributed by atoms with Crippen LogP contribution >= 0.6 is 0 Å². The Morgan fingerprint density at radius 1 is 1.00 bits per heavy atom. The summed E-state index contributed by atoms with van der Waals surface area (Å²) in [6.07, 6.45) is 8.13. The van der Waals surface area contributed by atoms with Gasteiger partial charge >= 0.3 is 0 Å². The molecule has 122 valence electrons. The van der Waals surface area contributed by atoms with Crippen molar-refractivity contribution in [3.8, 4) is 34.7 Å². The van der Waals surface area contributed by atoms with E-state index in [2.05, 4.69) is 18.1 Å². The van der Waals surface area contributed by atoms with Crippen molar-refractivity contribution >= 4 is 0 Å². The maximum absolute atomic E-state index is 13.4. The molecule has 4 rings (SSSR count). The molecule has 1 fully saturated rings. The molecule has 2 aromatic carbocycles. The number of halogens is 1. The van der Waals surface area contributed by atoms with E-state index >= 15 is 0 Å². The highest BCUT2D eigenvalue weighted by Gasteiger charge is 2.30. The quantitative estimate of drug-likeness (QED) is 0.560. The average molecular weight is 327 g/mol. The molecule has 0 spiro atoms. The first kappa shape index (κ1) is 15.6. The number of rotatable bonds is 3. The first-order valence-corrected chi connectivity index (χ1v) is 8.51. The van der Waals surface area contributed by atoms with Crippen LogP contribution in [0.5, 0.6) is 0 Å². The van der Waals surface area contributed by atoms with E-state index in [1.54, 1.807) is 12.1 Å². The van der Waals surface area contributed by atoms with Crippen molar-refractivity contribution in [1.29, 1.82) is 0 Å². The van der Waals surface area contributed by atoms with E-state index in [1.807, 2.05) is 25.1 Å². The van der Waals surface area contributed by atoms with E-state index in [4.69, 9.17) is 11.4 Å². The molecular formula is C23H18FN. The van der Waals surface area contributed by atoms with E-state index in [0.29, 0.717) is 5.92 Å². The fraction of sp³-hybridized carbons (Fsp3) is 0.174. The van der Waals surface area contributed by atoms with Crippen molar-refractivity contribution in [2.45, 2.75) is 25.7 Å². The highest BCUT2D eigenvalue weighted by molar-refractivity contribution is 5.81. The lowest BCUT2D eigenvalue weighted by atomic mass is 9.90. The van der Waals surface area contributed by atoms with Crippen LogP contribution in [-0.2, 0) is 0 Å². The maximum atomic E-state index is 13.4. The second-order valence-electron chi connectivity index (χ2n) is 6.51. The summed E-state index contributed by atoms with van der Waals surface area (Å²) in [5, 5.41) is 0. The molecule has 0 atom stereocenters. The molecule has 1 aliphatic carbocycles. The summed E-state index contributed by atoms with van der Waals surface area (Å²) in [5.41, 5.74) is 6.87. The molecule has 0 N–H and O–H groups in total. The van der Waals surface area contributed by atoms with Crippen LogP contribution in [0.4, 0.5) is 4.39 Å². The first-order chi connectivity index (χ1) is 12.2. The molecule has 2 heteroatoms. The third-order valence-electron chi connectivity index (χ3n) is 4.76. The minimum Gasteiger partial charge on any atom is -0.251 e. The molecular weight excluding hydrogens is 309 g/mol. The van der Waals surface area contributed by atoms with Gasteiger partial charge < -0.3 is 0 Å². The Morgan fingerprint density at radius 2 is 1.68 bits per heavy atom. The summed E-state index contributed by atoms with van der Waals surface area (Å²) >= 11 is 0. The Kier molecular flexibility index (Phi) is 3.86. The molecule has 0 unspecified atom stereocenters. The van der Waals surface area contributed by atoms with E-state index < -0.39 is 0 Å². The monoisotopic (exact) mass is 327 g/mol. The SMILES string of the molecule is C#Cc1c(C2CC2)nc(-c2ccccc2)c(C)c1-c1ccc(F)cc1. The summed E-state index contributed by atoms with van der Waals surface area (Å²) in [5.74, 6) is 3.05. The fourth-order valence-electron chi connectivity index (χ4n) is 3.35. The summed E-state index contributed by atoms with van der Waals surface area (Å²) in [7, 11) is 0. The Labute approximate surface area is 147 Å². The Balaban J connectivity index is 2.02. The number of benzene rings is 2. The molecule has 0 aliphatic heterocycles. The fourth-order valence-corrected chi connectivity index (χ4v) is 3.35. The molecule has 0 saturated heterocycles. The molecule has 0 amide bonds. The third-order valence-corrected chi connectivity index (χ3v) is 4.76. The van der Waals surface area contributed by atoms with Crippen molar-refractivity contribution < 1.29 is 4.39 Å². The van der Waals surface area contributed by atoms with Gasteiger partial charge in [-0.25, -0.2) is 4.39 Å². The number of nitrogens with zero attached hydrogens (tertiary/aromatic N) is 1.